The van der Waals surface area contributed by atoms with Crippen LogP contribution in [0.3, 0.4) is 0 Å². The highest BCUT2D eigenvalue weighted by Crippen LogP contribution is 2.33. The lowest BCUT2D eigenvalue weighted by atomic mass is 10.1. The number of oxazole rings is 1. The summed E-state index contributed by atoms with van der Waals surface area (Å²) in [7, 11) is 0. The Kier molecular flexibility index (Phi) is 3.64. The number of carbonyl (C=O) groups excluding carboxylic acids is 1. The number of rotatable bonds is 2. The molecule has 0 N–H and O–H groups in total. The zero-order valence-corrected chi connectivity index (χ0v) is 14.3. The molecule has 6 nitrogen and oxygen atoms in total. The number of furan rings is 1. The average Bonchev–Trinajstić information content (AvgIpc) is 3.40. The maximum Gasteiger partial charge on any atom is 0.281 e. The molecule has 1 fully saturated rings. The van der Waals surface area contributed by atoms with Gasteiger partial charge >= 0.3 is 0 Å². The first-order valence-corrected chi connectivity index (χ1v) is 8.92. The molecule has 1 saturated heterocycles. The molecular weight excluding hydrogens is 330 g/mol. The third kappa shape index (κ3) is 2.45. The summed E-state index contributed by atoms with van der Waals surface area (Å²) in [4.78, 5) is 22.0. The van der Waals surface area contributed by atoms with Crippen LogP contribution in [0.15, 0.2) is 57.9 Å². The van der Waals surface area contributed by atoms with E-state index in [9.17, 15) is 4.79 Å². The molecule has 3 aromatic rings. The molecule has 2 aliphatic rings. The molecule has 0 spiro atoms. The van der Waals surface area contributed by atoms with Gasteiger partial charge in [-0.25, -0.2) is 4.98 Å². The van der Waals surface area contributed by atoms with Crippen LogP contribution in [0.25, 0.3) is 11.5 Å². The number of para-hydroxylation sites is 1. The number of amides is 1. The largest absolute Gasteiger partial charge is 0.461 e. The number of benzene rings is 1. The third-order valence-corrected chi connectivity index (χ3v) is 5.31. The van der Waals surface area contributed by atoms with Gasteiger partial charge in [0.15, 0.2) is 17.8 Å². The number of fused-ring (bicyclic) bond motifs is 2. The Balaban J connectivity index is 1.57. The van der Waals surface area contributed by atoms with Crippen LogP contribution >= 0.6 is 0 Å². The first kappa shape index (κ1) is 15.4. The van der Waals surface area contributed by atoms with Crippen LogP contribution in [0.4, 0.5) is 5.69 Å². The Morgan fingerprint density at radius 3 is 2.96 bits per heavy atom. The summed E-state index contributed by atoms with van der Waals surface area (Å²) in [5, 5.41) is 0. The van der Waals surface area contributed by atoms with Crippen LogP contribution in [-0.2, 0) is 6.54 Å². The van der Waals surface area contributed by atoms with Gasteiger partial charge in [-0.1, -0.05) is 18.2 Å². The van der Waals surface area contributed by atoms with Crippen molar-refractivity contribution in [3.63, 3.8) is 0 Å². The van der Waals surface area contributed by atoms with Crippen LogP contribution < -0.4 is 4.90 Å². The number of hydrogen-bond donors (Lipinski definition) is 0. The van der Waals surface area contributed by atoms with Gasteiger partial charge in [-0.15, -0.1) is 0 Å². The van der Waals surface area contributed by atoms with Crippen LogP contribution in [0, 0.1) is 0 Å². The Bertz CT molecular complexity index is 931. The summed E-state index contributed by atoms with van der Waals surface area (Å²) in [6.45, 7) is 2.64. The normalized spacial score (nSPS) is 19.8. The van der Waals surface area contributed by atoms with Gasteiger partial charge in [0, 0.05) is 24.8 Å². The number of aromatic nitrogens is 1. The van der Waals surface area contributed by atoms with Gasteiger partial charge in [-0.3, -0.25) is 9.69 Å². The summed E-state index contributed by atoms with van der Waals surface area (Å²) < 4.78 is 10.9. The fourth-order valence-corrected chi connectivity index (χ4v) is 4.05. The molecule has 2 aliphatic heterocycles. The van der Waals surface area contributed by atoms with Crippen molar-refractivity contribution >= 4 is 11.6 Å². The lowest BCUT2D eigenvalue weighted by molar-refractivity contribution is 0.0976. The van der Waals surface area contributed by atoms with Gasteiger partial charge in [0.1, 0.15) is 0 Å². The highest BCUT2D eigenvalue weighted by molar-refractivity contribution is 6.08. The Hall–Kier alpha value is -2.86. The Morgan fingerprint density at radius 1 is 1.15 bits per heavy atom. The molecule has 0 radical (unpaired) electrons. The predicted molar refractivity (Wildman–Crippen MR) is 95.8 cm³/mol. The van der Waals surface area contributed by atoms with E-state index in [1.54, 1.807) is 18.4 Å². The van der Waals surface area contributed by atoms with Gasteiger partial charge in [0.2, 0.25) is 5.76 Å². The van der Waals surface area contributed by atoms with Crippen molar-refractivity contribution < 1.29 is 13.6 Å². The Labute approximate surface area is 151 Å². The average molecular weight is 349 g/mol. The summed E-state index contributed by atoms with van der Waals surface area (Å²) >= 11 is 0. The summed E-state index contributed by atoms with van der Waals surface area (Å²) in [6.07, 6.45) is 5.15. The number of anilines is 1. The number of nitrogens with zero attached hydrogens (tertiary/aromatic N) is 3. The maximum atomic E-state index is 13.4. The lowest BCUT2D eigenvalue weighted by Crippen LogP contribution is -2.40. The van der Waals surface area contributed by atoms with Gasteiger partial charge in [0.05, 0.1) is 6.26 Å². The predicted octanol–water partition coefficient (Wildman–Crippen LogP) is 3.56. The zero-order chi connectivity index (χ0) is 17.5. The number of hydrogen-bond acceptors (Lipinski definition) is 5. The van der Waals surface area contributed by atoms with E-state index in [-0.39, 0.29) is 5.91 Å². The van der Waals surface area contributed by atoms with Crippen LogP contribution in [-0.4, -0.2) is 34.9 Å². The van der Waals surface area contributed by atoms with Gasteiger partial charge in [-0.2, -0.15) is 0 Å². The van der Waals surface area contributed by atoms with Gasteiger partial charge in [0.25, 0.3) is 5.91 Å². The van der Waals surface area contributed by atoms with E-state index < -0.39 is 0 Å². The molecular formula is C20H19N3O3. The molecule has 5 rings (SSSR count). The quantitative estimate of drug-likeness (QED) is 0.708. The molecule has 132 valence electrons. The minimum Gasteiger partial charge on any atom is -0.461 e. The molecule has 26 heavy (non-hydrogen) atoms. The summed E-state index contributed by atoms with van der Waals surface area (Å²) in [6, 6.07) is 12.0. The number of carbonyl (C=O) groups is 1. The van der Waals surface area contributed by atoms with E-state index in [1.807, 2.05) is 23.1 Å². The molecule has 0 bridgehead atoms. The van der Waals surface area contributed by atoms with Gasteiger partial charge in [-0.05, 0) is 43.1 Å². The van der Waals surface area contributed by atoms with Crippen molar-refractivity contribution in [2.75, 3.05) is 18.0 Å². The highest BCUT2D eigenvalue weighted by Gasteiger charge is 2.35. The summed E-state index contributed by atoms with van der Waals surface area (Å²) in [5.74, 6) is 0.743. The minimum absolute atomic E-state index is 0.147. The van der Waals surface area contributed by atoms with Crippen molar-refractivity contribution in [2.45, 2.75) is 25.4 Å². The summed E-state index contributed by atoms with van der Waals surface area (Å²) in [5.41, 5.74) is 2.43. The van der Waals surface area contributed by atoms with E-state index in [0.717, 1.165) is 25.2 Å². The topological polar surface area (TPSA) is 62.7 Å². The molecule has 0 aliphatic carbocycles. The van der Waals surface area contributed by atoms with E-state index in [1.165, 1.54) is 18.4 Å². The third-order valence-electron chi connectivity index (χ3n) is 5.31. The van der Waals surface area contributed by atoms with Crippen molar-refractivity contribution in [2.24, 2.45) is 0 Å². The van der Waals surface area contributed by atoms with E-state index in [4.69, 9.17) is 8.83 Å². The van der Waals surface area contributed by atoms with Gasteiger partial charge < -0.3 is 13.7 Å². The highest BCUT2D eigenvalue weighted by atomic mass is 16.4. The SMILES string of the molecule is O=C(c1ncoc1-c1ccco1)N1C[C@@H]2CCCN2Cc2ccccc21. The van der Waals surface area contributed by atoms with Crippen LogP contribution in [0.1, 0.15) is 28.9 Å². The van der Waals surface area contributed by atoms with Crippen molar-refractivity contribution in [1.82, 2.24) is 9.88 Å². The zero-order valence-electron chi connectivity index (χ0n) is 14.3. The molecule has 1 amide bonds. The van der Waals surface area contributed by atoms with Crippen molar-refractivity contribution in [1.29, 1.82) is 0 Å². The molecule has 1 atom stereocenters. The van der Waals surface area contributed by atoms with E-state index >= 15 is 0 Å². The first-order chi connectivity index (χ1) is 12.8. The minimum atomic E-state index is -0.147. The molecule has 4 heterocycles. The maximum absolute atomic E-state index is 13.4. The first-order valence-electron chi connectivity index (χ1n) is 8.92. The van der Waals surface area contributed by atoms with Crippen molar-refractivity contribution in [3.8, 4) is 11.5 Å². The second-order valence-corrected chi connectivity index (χ2v) is 6.82. The standard InChI is InChI=1S/C20H19N3O3/c24-20(18-19(26-13-21-18)17-8-4-10-25-17)23-12-15-6-3-9-22(15)11-14-5-1-2-7-16(14)23/h1-2,4-5,7-8,10,13,15H,3,6,9,11-12H2/t15-/m0/s1. The fourth-order valence-electron chi connectivity index (χ4n) is 4.05. The molecule has 0 unspecified atom stereocenters. The van der Waals surface area contributed by atoms with Crippen LogP contribution in [0.2, 0.25) is 0 Å². The van der Waals surface area contributed by atoms with E-state index in [0.29, 0.717) is 29.8 Å². The second-order valence-electron chi connectivity index (χ2n) is 6.82. The Morgan fingerprint density at radius 2 is 2.08 bits per heavy atom. The van der Waals surface area contributed by atoms with Crippen molar-refractivity contribution in [3.05, 3.63) is 60.3 Å². The molecule has 0 saturated carbocycles. The second kappa shape index (κ2) is 6.14. The molecule has 1 aromatic carbocycles. The fraction of sp³-hybridized carbons (Fsp3) is 0.300. The van der Waals surface area contributed by atoms with E-state index in [2.05, 4.69) is 16.0 Å². The molecule has 2 aromatic heterocycles. The smallest absolute Gasteiger partial charge is 0.281 e. The monoisotopic (exact) mass is 349 g/mol. The molecule has 6 heteroatoms. The van der Waals surface area contributed by atoms with Crippen LogP contribution in [0.5, 0.6) is 0 Å². The lowest BCUT2D eigenvalue weighted by Gasteiger charge is -2.26.